The van der Waals surface area contributed by atoms with Crippen molar-refractivity contribution in [3.05, 3.63) is 41.3 Å². The maximum absolute atomic E-state index is 12.4. The minimum absolute atomic E-state index is 0.152. The van der Waals surface area contributed by atoms with E-state index in [-0.39, 0.29) is 24.2 Å². The third kappa shape index (κ3) is 2.91. The molecule has 6 nitrogen and oxygen atoms in total. The molecule has 2 aliphatic rings. The molecule has 0 saturated heterocycles. The van der Waals surface area contributed by atoms with Crippen LogP contribution in [-0.4, -0.2) is 23.5 Å². The summed E-state index contributed by atoms with van der Waals surface area (Å²) in [4.78, 5) is 26.4. The molecule has 24 heavy (non-hydrogen) atoms. The summed E-state index contributed by atoms with van der Waals surface area (Å²) in [5, 5.41) is 6.70. The molecule has 124 valence electrons. The van der Waals surface area contributed by atoms with Crippen molar-refractivity contribution in [1.82, 2.24) is 5.16 Å². The molecule has 0 bridgehead atoms. The summed E-state index contributed by atoms with van der Waals surface area (Å²) in [6.07, 6.45) is 3.04. The highest BCUT2D eigenvalue weighted by Gasteiger charge is 2.36. The van der Waals surface area contributed by atoms with Crippen molar-refractivity contribution in [3.63, 3.8) is 0 Å². The van der Waals surface area contributed by atoms with Gasteiger partial charge in [-0.25, -0.2) is 0 Å². The van der Waals surface area contributed by atoms with E-state index in [1.165, 1.54) is 0 Å². The van der Waals surface area contributed by atoms with E-state index in [9.17, 15) is 9.59 Å². The van der Waals surface area contributed by atoms with Crippen molar-refractivity contribution in [2.75, 3.05) is 16.8 Å². The molecule has 1 N–H and O–H groups in total. The zero-order valence-electron chi connectivity index (χ0n) is 13.5. The van der Waals surface area contributed by atoms with Crippen LogP contribution >= 0.6 is 0 Å². The number of nitrogens with zero attached hydrogens (tertiary/aromatic N) is 2. The van der Waals surface area contributed by atoms with Crippen LogP contribution in [0.15, 0.2) is 28.8 Å². The van der Waals surface area contributed by atoms with E-state index >= 15 is 0 Å². The van der Waals surface area contributed by atoms with Crippen molar-refractivity contribution in [1.29, 1.82) is 0 Å². The van der Waals surface area contributed by atoms with Crippen LogP contribution < -0.4 is 10.2 Å². The maximum atomic E-state index is 12.4. The lowest BCUT2D eigenvalue weighted by Gasteiger charge is -2.18. The van der Waals surface area contributed by atoms with Gasteiger partial charge in [0, 0.05) is 29.9 Å². The van der Waals surface area contributed by atoms with Crippen LogP contribution in [0, 0.1) is 12.8 Å². The molecular formula is C18H19N3O3. The molecule has 2 heterocycles. The molecule has 0 unspecified atom stereocenters. The Bertz CT molecular complexity index is 808. The predicted octanol–water partition coefficient (Wildman–Crippen LogP) is 2.46. The number of anilines is 2. The fourth-order valence-corrected chi connectivity index (χ4v) is 3.11. The van der Waals surface area contributed by atoms with Gasteiger partial charge < -0.3 is 14.7 Å². The normalized spacial score (nSPS) is 16.1. The summed E-state index contributed by atoms with van der Waals surface area (Å²) in [5.41, 5.74) is 3.40. The van der Waals surface area contributed by atoms with E-state index in [1.54, 1.807) is 13.0 Å². The number of benzene rings is 1. The Morgan fingerprint density at radius 3 is 2.88 bits per heavy atom. The molecule has 2 amide bonds. The van der Waals surface area contributed by atoms with Gasteiger partial charge in [-0.05, 0) is 43.9 Å². The van der Waals surface area contributed by atoms with Crippen LogP contribution in [0.3, 0.4) is 0 Å². The van der Waals surface area contributed by atoms with Gasteiger partial charge in [-0.15, -0.1) is 0 Å². The summed E-state index contributed by atoms with van der Waals surface area (Å²) in [6.45, 7) is 2.53. The highest BCUT2D eigenvalue weighted by molar-refractivity contribution is 5.99. The number of fused-ring (bicyclic) bond motifs is 1. The minimum Gasteiger partial charge on any atom is -0.361 e. The molecule has 1 saturated carbocycles. The van der Waals surface area contributed by atoms with Gasteiger partial charge in [-0.2, -0.15) is 0 Å². The van der Waals surface area contributed by atoms with Crippen LogP contribution in [0.4, 0.5) is 11.4 Å². The zero-order chi connectivity index (χ0) is 16.7. The van der Waals surface area contributed by atoms with Gasteiger partial charge in [-0.3, -0.25) is 9.59 Å². The number of amides is 2. The van der Waals surface area contributed by atoms with Gasteiger partial charge in [0.25, 0.3) is 0 Å². The average Bonchev–Trinajstić information content (AvgIpc) is 3.20. The first-order valence-electron chi connectivity index (χ1n) is 8.26. The number of hydrogen-bond donors (Lipinski definition) is 1. The van der Waals surface area contributed by atoms with Crippen molar-refractivity contribution in [2.24, 2.45) is 5.92 Å². The van der Waals surface area contributed by atoms with E-state index in [0.29, 0.717) is 17.1 Å². The Balaban J connectivity index is 1.47. The largest absolute Gasteiger partial charge is 0.361 e. The van der Waals surface area contributed by atoms with Gasteiger partial charge in [0.05, 0.1) is 12.1 Å². The Morgan fingerprint density at radius 1 is 1.33 bits per heavy atom. The van der Waals surface area contributed by atoms with E-state index in [4.69, 9.17) is 4.52 Å². The summed E-state index contributed by atoms with van der Waals surface area (Å²) in [5.74, 6) is 0.950. The van der Waals surface area contributed by atoms with Crippen LogP contribution in [0.1, 0.15) is 29.9 Å². The summed E-state index contributed by atoms with van der Waals surface area (Å²) in [7, 11) is 0. The van der Waals surface area contributed by atoms with E-state index in [2.05, 4.69) is 10.5 Å². The predicted molar refractivity (Wildman–Crippen MR) is 88.8 cm³/mol. The van der Waals surface area contributed by atoms with Crippen molar-refractivity contribution >= 4 is 23.2 Å². The standard InChI is InChI=1S/C18H19N3O3/c1-11-8-15(20-24-11)10-17(22)19-14-5-4-12-6-7-21(16(12)9-14)18(23)13-2-3-13/h4-5,8-9,13H,2-3,6-7,10H2,1H3,(H,19,22). The van der Waals surface area contributed by atoms with E-state index in [1.807, 2.05) is 23.1 Å². The monoisotopic (exact) mass is 325 g/mol. The molecule has 0 atom stereocenters. The van der Waals surface area contributed by atoms with Crippen LogP contribution in [0.2, 0.25) is 0 Å². The summed E-state index contributed by atoms with van der Waals surface area (Å²) in [6, 6.07) is 7.52. The number of rotatable bonds is 4. The third-order valence-corrected chi connectivity index (χ3v) is 4.48. The summed E-state index contributed by atoms with van der Waals surface area (Å²) >= 11 is 0. The van der Waals surface area contributed by atoms with Crippen molar-refractivity contribution < 1.29 is 14.1 Å². The quantitative estimate of drug-likeness (QED) is 0.937. The molecule has 0 radical (unpaired) electrons. The third-order valence-electron chi connectivity index (χ3n) is 4.48. The first-order valence-corrected chi connectivity index (χ1v) is 8.26. The maximum Gasteiger partial charge on any atom is 0.230 e. The molecule has 0 spiro atoms. The second-order valence-corrected chi connectivity index (χ2v) is 6.51. The van der Waals surface area contributed by atoms with E-state index in [0.717, 1.165) is 37.1 Å². The second-order valence-electron chi connectivity index (χ2n) is 6.51. The minimum atomic E-state index is -0.152. The van der Waals surface area contributed by atoms with E-state index < -0.39 is 0 Å². The van der Waals surface area contributed by atoms with Gasteiger partial charge in [-0.1, -0.05) is 11.2 Å². The topological polar surface area (TPSA) is 75.4 Å². The molecule has 1 aromatic heterocycles. The van der Waals surface area contributed by atoms with Gasteiger partial charge in [0.1, 0.15) is 5.76 Å². The highest BCUT2D eigenvalue weighted by atomic mass is 16.5. The number of nitrogens with one attached hydrogen (secondary N) is 1. The highest BCUT2D eigenvalue weighted by Crippen LogP contribution is 2.37. The van der Waals surface area contributed by atoms with Gasteiger partial charge in [0.2, 0.25) is 11.8 Å². The first-order chi connectivity index (χ1) is 11.6. The lowest BCUT2D eigenvalue weighted by atomic mass is 10.1. The Labute approximate surface area is 139 Å². The molecular weight excluding hydrogens is 306 g/mol. The summed E-state index contributed by atoms with van der Waals surface area (Å²) < 4.78 is 4.97. The second kappa shape index (κ2) is 5.78. The van der Waals surface area contributed by atoms with Crippen molar-refractivity contribution in [3.8, 4) is 0 Å². The first kappa shape index (κ1) is 14.9. The zero-order valence-corrected chi connectivity index (χ0v) is 13.5. The number of carbonyl (C=O) groups excluding carboxylic acids is 2. The number of aryl methyl sites for hydroxylation is 1. The molecule has 6 heteroatoms. The molecule has 1 aromatic carbocycles. The van der Waals surface area contributed by atoms with Gasteiger partial charge >= 0.3 is 0 Å². The molecule has 4 rings (SSSR count). The fraction of sp³-hybridized carbons (Fsp3) is 0.389. The lowest BCUT2D eigenvalue weighted by Crippen LogP contribution is -2.30. The molecule has 2 aromatic rings. The number of carbonyl (C=O) groups is 2. The lowest BCUT2D eigenvalue weighted by molar-refractivity contribution is -0.119. The number of aromatic nitrogens is 1. The van der Waals surface area contributed by atoms with Crippen LogP contribution in [0.25, 0.3) is 0 Å². The Morgan fingerprint density at radius 2 is 2.17 bits per heavy atom. The number of hydrogen-bond acceptors (Lipinski definition) is 4. The Hall–Kier alpha value is -2.63. The van der Waals surface area contributed by atoms with Crippen LogP contribution in [-0.2, 0) is 22.4 Å². The van der Waals surface area contributed by atoms with Gasteiger partial charge in [0.15, 0.2) is 0 Å². The smallest absolute Gasteiger partial charge is 0.230 e. The SMILES string of the molecule is Cc1cc(CC(=O)Nc2ccc3c(c2)N(C(=O)C2CC2)CC3)no1. The van der Waals surface area contributed by atoms with Crippen molar-refractivity contribution in [2.45, 2.75) is 32.6 Å². The average molecular weight is 325 g/mol. The molecule has 1 aliphatic carbocycles. The van der Waals surface area contributed by atoms with Crippen LogP contribution in [0.5, 0.6) is 0 Å². The molecule has 1 aliphatic heterocycles. The fourth-order valence-electron chi connectivity index (χ4n) is 3.11. The Kier molecular flexibility index (Phi) is 3.59. The molecule has 1 fully saturated rings.